The molecule has 2 N–H and O–H groups in total. The van der Waals surface area contributed by atoms with Crippen LogP contribution in [0, 0.1) is 11.8 Å². The molecule has 23 heavy (non-hydrogen) atoms. The van der Waals surface area contributed by atoms with Crippen LogP contribution in [0.5, 0.6) is 0 Å². The van der Waals surface area contributed by atoms with Gasteiger partial charge in [0.1, 0.15) is 12.2 Å². The molecular formula is C17H25NO5. The highest BCUT2D eigenvalue weighted by molar-refractivity contribution is 5.76. The lowest BCUT2D eigenvalue weighted by atomic mass is 9.80. The molecule has 1 aliphatic carbocycles. The summed E-state index contributed by atoms with van der Waals surface area (Å²) in [6.45, 7) is 4.42. The molecule has 2 aliphatic heterocycles. The zero-order valence-corrected chi connectivity index (χ0v) is 13.7. The van der Waals surface area contributed by atoms with Crippen molar-refractivity contribution in [3.8, 4) is 0 Å². The van der Waals surface area contributed by atoms with Crippen molar-refractivity contribution in [3.63, 3.8) is 0 Å². The lowest BCUT2D eigenvalue weighted by Crippen LogP contribution is -2.35. The molecule has 128 valence electrons. The van der Waals surface area contributed by atoms with E-state index in [9.17, 15) is 9.59 Å². The van der Waals surface area contributed by atoms with Crippen LogP contribution in [0.15, 0.2) is 11.6 Å². The van der Waals surface area contributed by atoms with E-state index in [1.807, 2.05) is 0 Å². The molecular weight excluding hydrogens is 298 g/mol. The third-order valence-corrected chi connectivity index (χ3v) is 5.38. The molecule has 3 rings (SSSR count). The molecule has 2 heterocycles. The molecule has 0 radical (unpaired) electrons. The summed E-state index contributed by atoms with van der Waals surface area (Å²) in [5, 5.41) is 11.6. The minimum absolute atomic E-state index is 0.0206. The van der Waals surface area contributed by atoms with E-state index >= 15 is 0 Å². The van der Waals surface area contributed by atoms with Gasteiger partial charge in [0.15, 0.2) is 0 Å². The number of aliphatic carboxylic acids is 1. The number of hydrogen-bond acceptors (Lipinski definition) is 5. The average Bonchev–Trinajstić information content (AvgIpc) is 3.04. The summed E-state index contributed by atoms with van der Waals surface area (Å²) in [5.41, 5.74) is 1.14. The van der Waals surface area contributed by atoms with Crippen LogP contribution in [-0.2, 0) is 19.1 Å². The first-order chi connectivity index (χ1) is 10.9. The van der Waals surface area contributed by atoms with Crippen LogP contribution in [-0.4, -0.2) is 47.9 Å². The van der Waals surface area contributed by atoms with E-state index in [2.05, 4.69) is 25.2 Å². The minimum atomic E-state index is -0.921. The van der Waals surface area contributed by atoms with Crippen LogP contribution in [0.25, 0.3) is 0 Å². The fourth-order valence-corrected chi connectivity index (χ4v) is 3.91. The van der Waals surface area contributed by atoms with Gasteiger partial charge in [-0.15, -0.1) is 0 Å². The molecule has 0 saturated carbocycles. The first-order valence-corrected chi connectivity index (χ1v) is 8.37. The van der Waals surface area contributed by atoms with E-state index in [1.54, 1.807) is 0 Å². The number of nitrogens with one attached hydrogen (secondary N) is 1. The molecule has 0 amide bonds. The number of carboxylic acid groups (broad SMARTS) is 1. The Morgan fingerprint density at radius 1 is 1.52 bits per heavy atom. The van der Waals surface area contributed by atoms with Crippen LogP contribution in [0.2, 0.25) is 0 Å². The van der Waals surface area contributed by atoms with Crippen molar-refractivity contribution in [2.24, 2.45) is 11.8 Å². The van der Waals surface area contributed by atoms with Gasteiger partial charge in [0, 0.05) is 12.5 Å². The fourth-order valence-electron chi connectivity index (χ4n) is 3.91. The van der Waals surface area contributed by atoms with Crippen molar-refractivity contribution in [2.75, 3.05) is 13.1 Å². The lowest BCUT2D eigenvalue weighted by Gasteiger charge is -2.22. The summed E-state index contributed by atoms with van der Waals surface area (Å²) in [4.78, 5) is 22.9. The molecule has 5 atom stereocenters. The zero-order valence-electron chi connectivity index (χ0n) is 13.7. The molecule has 0 aromatic rings. The zero-order chi connectivity index (χ0) is 16.6. The normalized spacial score (nSPS) is 42.0. The lowest BCUT2D eigenvalue weighted by molar-refractivity contribution is -0.145. The summed E-state index contributed by atoms with van der Waals surface area (Å²) in [5.74, 6) is -1.36. The summed E-state index contributed by atoms with van der Waals surface area (Å²) in [6.07, 6.45) is 5.79. The van der Waals surface area contributed by atoms with Crippen LogP contribution in [0.4, 0.5) is 0 Å². The monoisotopic (exact) mass is 323 g/mol. The van der Waals surface area contributed by atoms with Gasteiger partial charge in [-0.1, -0.05) is 11.6 Å². The first-order valence-electron chi connectivity index (χ1n) is 8.37. The number of epoxide rings is 1. The van der Waals surface area contributed by atoms with Crippen molar-refractivity contribution in [1.82, 2.24) is 5.32 Å². The quantitative estimate of drug-likeness (QED) is 0.463. The molecule has 0 bridgehead atoms. The third-order valence-electron chi connectivity index (χ3n) is 5.38. The molecule has 6 nitrogen and oxygen atoms in total. The third kappa shape index (κ3) is 3.43. The second-order valence-corrected chi connectivity index (χ2v) is 7.18. The van der Waals surface area contributed by atoms with Gasteiger partial charge in [0.2, 0.25) is 0 Å². The summed E-state index contributed by atoms with van der Waals surface area (Å²) in [7, 11) is 0. The van der Waals surface area contributed by atoms with E-state index in [-0.39, 0.29) is 42.2 Å². The Morgan fingerprint density at radius 2 is 2.30 bits per heavy atom. The topological polar surface area (TPSA) is 88.2 Å². The van der Waals surface area contributed by atoms with Crippen LogP contribution in [0.3, 0.4) is 0 Å². The van der Waals surface area contributed by atoms with Crippen molar-refractivity contribution in [1.29, 1.82) is 0 Å². The molecule has 0 aromatic carbocycles. The maximum absolute atomic E-state index is 12.3. The highest BCUT2D eigenvalue weighted by Crippen LogP contribution is 2.50. The molecule has 0 aromatic heterocycles. The van der Waals surface area contributed by atoms with Crippen LogP contribution < -0.4 is 5.32 Å². The number of carboxylic acids is 1. The second kappa shape index (κ2) is 6.24. The Labute approximate surface area is 136 Å². The number of carbonyl (C=O) groups is 2. The number of rotatable bonds is 4. The molecule has 3 aliphatic rings. The van der Waals surface area contributed by atoms with Gasteiger partial charge in [-0.2, -0.15) is 0 Å². The summed E-state index contributed by atoms with van der Waals surface area (Å²) >= 11 is 0. The number of fused-ring (bicyclic) bond motifs is 3. The highest BCUT2D eigenvalue weighted by Gasteiger charge is 2.62. The van der Waals surface area contributed by atoms with Crippen molar-refractivity contribution in [2.45, 2.75) is 57.3 Å². The van der Waals surface area contributed by atoms with Crippen molar-refractivity contribution in [3.05, 3.63) is 11.6 Å². The highest BCUT2D eigenvalue weighted by atomic mass is 16.6. The second-order valence-electron chi connectivity index (χ2n) is 7.18. The Kier molecular flexibility index (Phi) is 4.47. The number of ether oxygens (including phenoxy) is 2. The van der Waals surface area contributed by atoms with E-state index in [1.165, 1.54) is 5.57 Å². The fraction of sp³-hybridized carbons (Fsp3) is 0.765. The standard InChI is InChI=1S/C17H25NO5/c1-10-4-3-7-17(2)15(23-17)14-11(6-5-10)12(16(21)22-14)8-18-9-13(19)20/h4,11-12,14-15,18H,3,5-9H2,1-2H3,(H,19,20)/b10-4+/t11-,12-,14-,15-,17+/m0/s1. The predicted molar refractivity (Wildman–Crippen MR) is 82.9 cm³/mol. The smallest absolute Gasteiger partial charge is 0.317 e. The van der Waals surface area contributed by atoms with Crippen molar-refractivity contribution < 1.29 is 24.2 Å². The maximum Gasteiger partial charge on any atom is 0.317 e. The Balaban J connectivity index is 1.73. The average molecular weight is 323 g/mol. The summed E-state index contributed by atoms with van der Waals surface area (Å²) < 4.78 is 11.6. The molecule has 6 heteroatoms. The van der Waals surface area contributed by atoms with Crippen LogP contribution in [0.1, 0.15) is 39.5 Å². The van der Waals surface area contributed by atoms with Gasteiger partial charge in [-0.3, -0.25) is 9.59 Å². The molecule has 0 unspecified atom stereocenters. The maximum atomic E-state index is 12.3. The van der Waals surface area contributed by atoms with Crippen molar-refractivity contribution >= 4 is 11.9 Å². The minimum Gasteiger partial charge on any atom is -0.480 e. The molecule has 2 saturated heterocycles. The van der Waals surface area contributed by atoms with E-state index in [0.717, 1.165) is 25.7 Å². The van der Waals surface area contributed by atoms with Gasteiger partial charge in [-0.25, -0.2) is 0 Å². The summed E-state index contributed by atoms with van der Waals surface area (Å²) in [6, 6.07) is 0. The Hall–Kier alpha value is -1.40. The van der Waals surface area contributed by atoms with Crippen LogP contribution >= 0.6 is 0 Å². The number of allylic oxidation sites excluding steroid dienone is 2. The van der Waals surface area contributed by atoms with Gasteiger partial charge < -0.3 is 19.9 Å². The van der Waals surface area contributed by atoms with E-state index in [0.29, 0.717) is 6.54 Å². The van der Waals surface area contributed by atoms with E-state index in [4.69, 9.17) is 14.6 Å². The largest absolute Gasteiger partial charge is 0.480 e. The van der Waals surface area contributed by atoms with E-state index < -0.39 is 5.97 Å². The first kappa shape index (κ1) is 16.5. The SMILES string of the molecule is C/C1=C\CC[C@@]2(C)O[C@H]2[C@H]2OC(=O)[C@@H](CNCC(=O)O)[C@@H]2CC1. The van der Waals surface area contributed by atoms with Gasteiger partial charge >= 0.3 is 11.9 Å². The van der Waals surface area contributed by atoms with Gasteiger partial charge in [0.05, 0.1) is 18.1 Å². The number of esters is 1. The Bertz CT molecular complexity index is 531. The van der Waals surface area contributed by atoms with Gasteiger partial charge in [0.25, 0.3) is 0 Å². The molecule has 0 spiro atoms. The predicted octanol–water partition coefficient (Wildman–Crippen LogP) is 1.50. The number of hydrogen-bond donors (Lipinski definition) is 2. The Morgan fingerprint density at radius 3 is 3.04 bits per heavy atom. The number of carbonyl (C=O) groups excluding carboxylic acids is 1. The molecule has 2 fully saturated rings. The van der Waals surface area contributed by atoms with Gasteiger partial charge in [-0.05, 0) is 39.5 Å².